The van der Waals surface area contributed by atoms with Crippen LogP contribution in [0.3, 0.4) is 0 Å². The van der Waals surface area contributed by atoms with Crippen molar-refractivity contribution in [2.24, 2.45) is 0 Å². The van der Waals surface area contributed by atoms with Gasteiger partial charge in [-0.25, -0.2) is 13.6 Å². The van der Waals surface area contributed by atoms with Crippen LogP contribution in [-0.2, 0) is 11.3 Å². The van der Waals surface area contributed by atoms with Crippen molar-refractivity contribution >= 4 is 6.09 Å². The predicted molar refractivity (Wildman–Crippen MR) is 79.4 cm³/mol. The van der Waals surface area contributed by atoms with Crippen LogP contribution in [-0.4, -0.2) is 18.6 Å². The Bertz CT molecular complexity index is 691. The lowest BCUT2D eigenvalue weighted by molar-refractivity contribution is -0.104. The van der Waals surface area contributed by atoms with E-state index < -0.39 is 24.7 Å². The second-order valence-corrected chi connectivity index (χ2v) is 5.23. The number of halogens is 2. The van der Waals surface area contributed by atoms with Gasteiger partial charge in [0.05, 0.1) is 0 Å². The zero-order valence-corrected chi connectivity index (χ0v) is 12.2. The van der Waals surface area contributed by atoms with Crippen LogP contribution < -0.4 is 10.1 Å². The number of cyclic esters (lactones) is 1. The molecule has 1 aliphatic heterocycles. The van der Waals surface area contributed by atoms with E-state index in [2.05, 4.69) is 10.1 Å². The van der Waals surface area contributed by atoms with Crippen LogP contribution in [0, 0.1) is 0 Å². The molecule has 2 aromatic rings. The fourth-order valence-electron chi connectivity index (χ4n) is 2.40. The highest BCUT2D eigenvalue weighted by atomic mass is 19.3. The Labute approximate surface area is 132 Å². The number of para-hydroxylation sites is 1. The van der Waals surface area contributed by atoms with Crippen LogP contribution in [0.1, 0.15) is 17.2 Å². The number of benzene rings is 2. The number of ether oxygens (including phenoxy) is 2. The molecule has 3 rings (SSSR count). The Morgan fingerprint density at radius 2 is 1.83 bits per heavy atom. The number of hydrogen-bond acceptors (Lipinski definition) is 3. The van der Waals surface area contributed by atoms with Gasteiger partial charge in [0.2, 0.25) is 0 Å². The standard InChI is InChI=1S/C17H15F2NO3/c18-17(19)11-23-16(21)20-15(17)13-8-4-5-9-14(13)22-10-12-6-2-1-3-7-12/h1-9,15H,10-11H2,(H,20,21)/t15-/m0/s1. The third-order valence-electron chi connectivity index (χ3n) is 3.55. The first-order valence-electron chi connectivity index (χ1n) is 7.13. The second kappa shape index (κ2) is 6.24. The Hall–Kier alpha value is -2.63. The highest BCUT2D eigenvalue weighted by Gasteiger charge is 2.47. The van der Waals surface area contributed by atoms with Gasteiger partial charge in [0.15, 0.2) is 6.61 Å². The van der Waals surface area contributed by atoms with Crippen molar-refractivity contribution in [1.82, 2.24) is 5.32 Å². The first-order chi connectivity index (χ1) is 11.1. The largest absolute Gasteiger partial charge is 0.489 e. The van der Waals surface area contributed by atoms with E-state index in [0.29, 0.717) is 5.75 Å². The molecule has 1 amide bonds. The van der Waals surface area contributed by atoms with Gasteiger partial charge in [0, 0.05) is 5.56 Å². The molecule has 4 nitrogen and oxygen atoms in total. The smallest absolute Gasteiger partial charge is 0.408 e. The lowest BCUT2D eigenvalue weighted by Gasteiger charge is -2.32. The molecule has 0 saturated carbocycles. The molecule has 0 radical (unpaired) electrons. The lowest BCUT2D eigenvalue weighted by atomic mass is 9.99. The number of amides is 1. The zero-order chi connectivity index (χ0) is 16.3. The molecule has 1 fully saturated rings. The van der Waals surface area contributed by atoms with E-state index in [-0.39, 0.29) is 12.2 Å². The van der Waals surface area contributed by atoms with Crippen molar-refractivity contribution < 1.29 is 23.0 Å². The van der Waals surface area contributed by atoms with Crippen LogP contribution in [0.25, 0.3) is 0 Å². The number of rotatable bonds is 4. The van der Waals surface area contributed by atoms with Crippen molar-refractivity contribution in [1.29, 1.82) is 0 Å². The summed E-state index contributed by atoms with van der Waals surface area (Å²) in [5.41, 5.74) is 1.15. The van der Waals surface area contributed by atoms with E-state index >= 15 is 0 Å². The second-order valence-electron chi connectivity index (χ2n) is 5.23. The number of carbonyl (C=O) groups excluding carboxylic acids is 1. The van der Waals surface area contributed by atoms with Crippen molar-refractivity contribution in [2.75, 3.05) is 6.61 Å². The normalized spacial score (nSPS) is 19.6. The highest BCUT2D eigenvalue weighted by Crippen LogP contribution is 2.38. The third-order valence-corrected chi connectivity index (χ3v) is 3.55. The van der Waals surface area contributed by atoms with Gasteiger partial charge in [-0.2, -0.15) is 0 Å². The van der Waals surface area contributed by atoms with Gasteiger partial charge in [0.1, 0.15) is 18.4 Å². The summed E-state index contributed by atoms with van der Waals surface area (Å²) in [6.07, 6.45) is -0.862. The first-order valence-corrected chi connectivity index (χ1v) is 7.13. The summed E-state index contributed by atoms with van der Waals surface area (Å²) in [6.45, 7) is -0.697. The molecule has 1 atom stereocenters. The summed E-state index contributed by atoms with van der Waals surface area (Å²) >= 11 is 0. The Balaban J connectivity index is 1.84. The van der Waals surface area contributed by atoms with Crippen molar-refractivity contribution in [2.45, 2.75) is 18.6 Å². The zero-order valence-electron chi connectivity index (χ0n) is 12.2. The minimum absolute atomic E-state index is 0.227. The summed E-state index contributed by atoms with van der Waals surface area (Å²) in [5, 5.41) is 2.17. The summed E-state index contributed by atoms with van der Waals surface area (Å²) in [5.74, 6) is -2.90. The molecule has 1 heterocycles. The minimum atomic E-state index is -3.21. The average molecular weight is 319 g/mol. The van der Waals surface area contributed by atoms with Gasteiger partial charge in [-0.05, 0) is 11.6 Å². The van der Waals surface area contributed by atoms with E-state index in [9.17, 15) is 13.6 Å². The molecule has 6 heteroatoms. The van der Waals surface area contributed by atoms with Gasteiger partial charge >= 0.3 is 12.0 Å². The Morgan fingerprint density at radius 3 is 2.61 bits per heavy atom. The molecule has 0 unspecified atom stereocenters. The monoisotopic (exact) mass is 319 g/mol. The fraction of sp³-hybridized carbons (Fsp3) is 0.235. The topological polar surface area (TPSA) is 47.6 Å². The molecule has 0 aromatic heterocycles. The SMILES string of the molecule is O=C1N[C@@H](c2ccccc2OCc2ccccc2)C(F)(F)CO1. The summed E-state index contributed by atoms with van der Waals surface area (Å²) in [7, 11) is 0. The lowest BCUT2D eigenvalue weighted by Crippen LogP contribution is -2.49. The van der Waals surface area contributed by atoms with Crippen molar-refractivity contribution in [3.63, 3.8) is 0 Å². The predicted octanol–water partition coefficient (Wildman–Crippen LogP) is 3.68. The molecular formula is C17H15F2NO3. The van der Waals surface area contributed by atoms with Gasteiger partial charge in [-0.1, -0.05) is 48.5 Å². The molecule has 1 saturated heterocycles. The van der Waals surface area contributed by atoms with Gasteiger partial charge in [-0.15, -0.1) is 0 Å². The fourth-order valence-corrected chi connectivity index (χ4v) is 2.40. The quantitative estimate of drug-likeness (QED) is 0.935. The van der Waals surface area contributed by atoms with Gasteiger partial charge < -0.3 is 14.8 Å². The molecule has 0 bridgehead atoms. The van der Waals surface area contributed by atoms with Crippen LogP contribution in [0.2, 0.25) is 0 Å². The number of hydrogen-bond donors (Lipinski definition) is 1. The minimum Gasteiger partial charge on any atom is -0.489 e. The molecule has 120 valence electrons. The number of alkyl halides is 2. The first kappa shape index (κ1) is 15.3. The van der Waals surface area contributed by atoms with E-state index in [1.807, 2.05) is 30.3 Å². The highest BCUT2D eigenvalue weighted by molar-refractivity contribution is 5.69. The molecular weight excluding hydrogens is 304 g/mol. The number of carbonyl (C=O) groups is 1. The van der Waals surface area contributed by atoms with Gasteiger partial charge in [0.25, 0.3) is 0 Å². The third kappa shape index (κ3) is 3.41. The number of alkyl carbamates (subject to hydrolysis) is 1. The maximum Gasteiger partial charge on any atom is 0.408 e. The Kier molecular flexibility index (Phi) is 4.14. The van der Waals surface area contributed by atoms with Crippen molar-refractivity contribution in [3.05, 3.63) is 65.7 Å². The molecule has 0 aliphatic carbocycles. The van der Waals surface area contributed by atoms with Crippen LogP contribution in [0.5, 0.6) is 5.75 Å². The van der Waals surface area contributed by atoms with Crippen LogP contribution in [0.15, 0.2) is 54.6 Å². The molecule has 2 aromatic carbocycles. The van der Waals surface area contributed by atoms with Crippen LogP contribution >= 0.6 is 0 Å². The summed E-state index contributed by atoms with van der Waals surface area (Å²) in [6, 6.07) is 14.4. The number of nitrogens with one attached hydrogen (secondary N) is 1. The van der Waals surface area contributed by atoms with Crippen molar-refractivity contribution in [3.8, 4) is 5.75 Å². The molecule has 1 aliphatic rings. The van der Waals surface area contributed by atoms with E-state index in [0.717, 1.165) is 5.56 Å². The van der Waals surface area contributed by atoms with E-state index in [1.165, 1.54) is 6.07 Å². The molecule has 23 heavy (non-hydrogen) atoms. The van der Waals surface area contributed by atoms with Gasteiger partial charge in [-0.3, -0.25) is 0 Å². The molecule has 1 N–H and O–H groups in total. The van der Waals surface area contributed by atoms with Crippen LogP contribution in [0.4, 0.5) is 13.6 Å². The average Bonchev–Trinajstić information content (AvgIpc) is 2.56. The maximum absolute atomic E-state index is 14.1. The Morgan fingerprint density at radius 1 is 1.13 bits per heavy atom. The maximum atomic E-state index is 14.1. The molecule has 0 spiro atoms. The summed E-state index contributed by atoms with van der Waals surface area (Å²) in [4.78, 5) is 11.3. The van der Waals surface area contributed by atoms with E-state index in [4.69, 9.17) is 4.74 Å². The van der Waals surface area contributed by atoms with E-state index in [1.54, 1.807) is 18.2 Å². The summed E-state index contributed by atoms with van der Waals surface area (Å²) < 4.78 is 38.2.